The summed E-state index contributed by atoms with van der Waals surface area (Å²) in [6.45, 7) is 7.04. The maximum Gasteiger partial charge on any atom is 0.261 e. The van der Waals surface area contributed by atoms with Crippen LogP contribution in [0.4, 0.5) is 10.8 Å². The summed E-state index contributed by atoms with van der Waals surface area (Å²) in [6, 6.07) is 21.2. The van der Waals surface area contributed by atoms with Crippen LogP contribution in [-0.2, 0) is 16.4 Å². The van der Waals surface area contributed by atoms with Crippen LogP contribution in [0.1, 0.15) is 22.8 Å². The maximum absolute atomic E-state index is 12.7. The first-order valence-electron chi connectivity index (χ1n) is 12.7. The van der Waals surface area contributed by atoms with Crippen LogP contribution in [0.5, 0.6) is 0 Å². The minimum atomic E-state index is -3.72. The molecule has 0 radical (unpaired) electrons. The van der Waals surface area contributed by atoms with E-state index in [4.69, 9.17) is 4.98 Å². The van der Waals surface area contributed by atoms with Crippen molar-refractivity contribution in [3.63, 3.8) is 0 Å². The third kappa shape index (κ3) is 7.07. The molecule has 0 unspecified atom stereocenters. The van der Waals surface area contributed by atoms with Crippen molar-refractivity contribution in [1.82, 2.24) is 15.2 Å². The number of amides is 1. The van der Waals surface area contributed by atoms with E-state index in [9.17, 15) is 13.2 Å². The molecular formula is C28H32ClN5O3S2. The van der Waals surface area contributed by atoms with Crippen LogP contribution in [0.2, 0.25) is 0 Å². The van der Waals surface area contributed by atoms with Gasteiger partial charge in [-0.05, 0) is 54.4 Å². The molecule has 0 saturated carbocycles. The fraction of sp³-hybridized carbons (Fsp3) is 0.286. The molecule has 1 aliphatic heterocycles. The summed E-state index contributed by atoms with van der Waals surface area (Å²) >= 11 is 1.75. The summed E-state index contributed by atoms with van der Waals surface area (Å²) in [7, 11) is -3.72. The lowest BCUT2D eigenvalue weighted by molar-refractivity contribution is 0.0948. The van der Waals surface area contributed by atoms with E-state index < -0.39 is 10.0 Å². The van der Waals surface area contributed by atoms with E-state index in [2.05, 4.69) is 45.0 Å². The van der Waals surface area contributed by atoms with Crippen LogP contribution in [0.25, 0.3) is 10.2 Å². The predicted octanol–water partition coefficient (Wildman–Crippen LogP) is 4.63. The zero-order chi connectivity index (χ0) is 26.5. The summed E-state index contributed by atoms with van der Waals surface area (Å²) < 4.78 is 29.0. The number of rotatable bonds is 9. The van der Waals surface area contributed by atoms with Gasteiger partial charge in [0.2, 0.25) is 0 Å². The Labute approximate surface area is 239 Å². The molecule has 5 rings (SSSR count). The van der Waals surface area contributed by atoms with Crippen LogP contribution in [-0.4, -0.2) is 63.5 Å². The molecule has 1 saturated heterocycles. The lowest BCUT2D eigenvalue weighted by Crippen LogP contribution is -2.48. The summed E-state index contributed by atoms with van der Waals surface area (Å²) in [4.78, 5) is 22.4. The number of fused-ring (bicyclic) bond motifs is 1. The van der Waals surface area contributed by atoms with Gasteiger partial charge in [0.05, 0.1) is 15.1 Å². The van der Waals surface area contributed by atoms with Crippen molar-refractivity contribution in [2.75, 3.05) is 48.9 Å². The minimum absolute atomic E-state index is 0. The van der Waals surface area contributed by atoms with Crippen molar-refractivity contribution in [2.45, 2.75) is 18.2 Å². The molecule has 0 aliphatic carbocycles. The Bertz CT molecular complexity index is 1520. The minimum Gasteiger partial charge on any atom is -0.351 e. The summed E-state index contributed by atoms with van der Waals surface area (Å²) in [5.41, 5.74) is 3.15. The molecule has 2 heterocycles. The van der Waals surface area contributed by atoms with Gasteiger partial charge in [-0.15, -0.1) is 12.4 Å². The van der Waals surface area contributed by atoms with Gasteiger partial charge in [-0.25, -0.2) is 13.4 Å². The highest BCUT2D eigenvalue weighted by atomic mass is 35.5. The van der Waals surface area contributed by atoms with Crippen LogP contribution in [0, 0.1) is 0 Å². The first kappa shape index (κ1) is 28.8. The van der Waals surface area contributed by atoms with Crippen molar-refractivity contribution in [2.24, 2.45) is 0 Å². The zero-order valence-electron chi connectivity index (χ0n) is 21.7. The molecule has 4 aromatic rings. The molecular weight excluding hydrogens is 554 g/mol. The molecule has 206 valence electrons. The standard InChI is InChI=1S/C28H31N5O3S2.ClH/c1-2-21-11-12-25-26(19-21)37-28(30-25)33-17-15-32(16-18-33)14-13-29-27(34)22-7-6-8-23(20-22)31-38(35,36)24-9-4-3-5-10-24;/h3-12,19-20,31H,2,13-18H2,1H3,(H,29,34);1H. The van der Waals surface area contributed by atoms with Gasteiger partial charge in [0.1, 0.15) is 0 Å². The molecule has 11 heteroatoms. The Morgan fingerprint density at radius 3 is 2.49 bits per heavy atom. The average molecular weight is 586 g/mol. The lowest BCUT2D eigenvalue weighted by Gasteiger charge is -2.34. The van der Waals surface area contributed by atoms with E-state index in [0.29, 0.717) is 17.8 Å². The molecule has 39 heavy (non-hydrogen) atoms. The Morgan fingerprint density at radius 1 is 0.974 bits per heavy atom. The number of aryl methyl sites for hydroxylation is 1. The fourth-order valence-electron chi connectivity index (χ4n) is 4.44. The van der Waals surface area contributed by atoms with Crippen LogP contribution >= 0.6 is 23.7 Å². The normalized spacial score (nSPS) is 14.1. The zero-order valence-corrected chi connectivity index (χ0v) is 24.1. The van der Waals surface area contributed by atoms with Crippen molar-refractivity contribution in [3.8, 4) is 0 Å². The van der Waals surface area contributed by atoms with Crippen LogP contribution in [0.15, 0.2) is 77.7 Å². The first-order valence-corrected chi connectivity index (χ1v) is 15.0. The number of thiazole rings is 1. The molecule has 8 nitrogen and oxygen atoms in total. The number of hydrogen-bond acceptors (Lipinski definition) is 7. The highest BCUT2D eigenvalue weighted by molar-refractivity contribution is 7.92. The Morgan fingerprint density at radius 2 is 1.74 bits per heavy atom. The number of nitrogens with zero attached hydrogens (tertiary/aromatic N) is 3. The topological polar surface area (TPSA) is 94.6 Å². The van der Waals surface area contributed by atoms with Gasteiger partial charge in [0, 0.05) is 50.5 Å². The third-order valence-corrected chi connectivity index (χ3v) is 9.11. The van der Waals surface area contributed by atoms with Gasteiger partial charge in [-0.2, -0.15) is 0 Å². The van der Waals surface area contributed by atoms with Gasteiger partial charge >= 0.3 is 0 Å². The highest BCUT2D eigenvalue weighted by Crippen LogP contribution is 2.30. The fourth-order valence-corrected chi connectivity index (χ4v) is 6.59. The largest absolute Gasteiger partial charge is 0.351 e. The number of halogens is 1. The quantitative estimate of drug-likeness (QED) is 0.297. The van der Waals surface area contributed by atoms with E-state index in [1.165, 1.54) is 22.4 Å². The number of sulfonamides is 1. The molecule has 1 amide bonds. The number of carbonyl (C=O) groups is 1. The molecule has 0 bridgehead atoms. The van der Waals surface area contributed by atoms with Crippen LogP contribution in [0.3, 0.4) is 0 Å². The third-order valence-electron chi connectivity index (χ3n) is 6.64. The van der Waals surface area contributed by atoms with E-state index in [1.54, 1.807) is 53.8 Å². The number of anilines is 2. The molecule has 2 N–H and O–H groups in total. The lowest BCUT2D eigenvalue weighted by atomic mass is 10.2. The number of aromatic nitrogens is 1. The SMILES string of the molecule is CCc1ccc2nc(N3CCN(CCNC(=O)c4cccc(NS(=O)(=O)c5ccccc5)c4)CC3)sc2c1.Cl. The molecule has 1 aliphatic rings. The molecule has 3 aromatic carbocycles. The molecule has 0 atom stereocenters. The number of benzene rings is 3. The Hall–Kier alpha value is -3.18. The van der Waals surface area contributed by atoms with E-state index in [-0.39, 0.29) is 23.2 Å². The number of piperazine rings is 1. The second kappa shape index (κ2) is 12.8. The monoisotopic (exact) mass is 585 g/mol. The number of carbonyl (C=O) groups excluding carboxylic acids is 1. The maximum atomic E-state index is 12.7. The molecule has 1 aromatic heterocycles. The van der Waals surface area contributed by atoms with E-state index in [1.807, 2.05) is 0 Å². The van der Waals surface area contributed by atoms with Gasteiger partial charge in [-0.1, -0.05) is 48.6 Å². The van der Waals surface area contributed by atoms with Gasteiger partial charge in [-0.3, -0.25) is 14.4 Å². The van der Waals surface area contributed by atoms with Crippen molar-refractivity contribution >= 4 is 60.7 Å². The van der Waals surface area contributed by atoms with Crippen LogP contribution < -0.4 is 14.9 Å². The Kier molecular flexibility index (Phi) is 9.45. The van der Waals surface area contributed by atoms with Gasteiger partial charge in [0.15, 0.2) is 5.13 Å². The number of nitrogens with one attached hydrogen (secondary N) is 2. The second-order valence-electron chi connectivity index (χ2n) is 9.24. The molecule has 1 fully saturated rings. The smallest absolute Gasteiger partial charge is 0.261 e. The summed E-state index contributed by atoms with van der Waals surface area (Å²) in [5, 5.41) is 4.03. The van der Waals surface area contributed by atoms with E-state index in [0.717, 1.165) is 49.8 Å². The highest BCUT2D eigenvalue weighted by Gasteiger charge is 2.20. The van der Waals surface area contributed by atoms with Crippen molar-refractivity contribution < 1.29 is 13.2 Å². The summed E-state index contributed by atoms with van der Waals surface area (Å²) in [6.07, 6.45) is 1.02. The van der Waals surface area contributed by atoms with Crippen molar-refractivity contribution in [3.05, 3.63) is 83.9 Å². The second-order valence-corrected chi connectivity index (χ2v) is 11.9. The Balaban J connectivity index is 0.00000353. The first-order chi connectivity index (χ1) is 18.4. The molecule has 0 spiro atoms. The van der Waals surface area contributed by atoms with E-state index >= 15 is 0 Å². The number of hydrogen-bond donors (Lipinski definition) is 2. The van der Waals surface area contributed by atoms with Gasteiger partial charge < -0.3 is 10.2 Å². The van der Waals surface area contributed by atoms with Crippen molar-refractivity contribution in [1.29, 1.82) is 0 Å². The predicted molar refractivity (Wildman–Crippen MR) is 161 cm³/mol. The summed E-state index contributed by atoms with van der Waals surface area (Å²) in [5.74, 6) is -0.231. The van der Waals surface area contributed by atoms with Gasteiger partial charge in [0.25, 0.3) is 15.9 Å². The average Bonchev–Trinajstić information content (AvgIpc) is 3.37.